The third-order valence-electron chi connectivity index (χ3n) is 4.64. The largest absolute Gasteiger partial charge is 0.482 e. The third-order valence-corrected chi connectivity index (χ3v) is 5.17. The van der Waals surface area contributed by atoms with Crippen LogP contribution in [0.5, 0.6) is 11.6 Å². The van der Waals surface area contributed by atoms with E-state index in [-0.39, 0.29) is 30.5 Å². The topological polar surface area (TPSA) is 60.5 Å². The zero-order chi connectivity index (χ0) is 21.7. The van der Waals surface area contributed by atoms with Gasteiger partial charge in [0, 0.05) is 23.3 Å². The lowest BCUT2D eigenvalue weighted by Gasteiger charge is -2.29. The molecule has 5 nitrogen and oxygen atoms in total. The van der Waals surface area contributed by atoms with E-state index in [1.165, 1.54) is 12.1 Å². The molecule has 0 radical (unpaired) electrons. The first-order valence-corrected chi connectivity index (χ1v) is 10.0. The Kier molecular flexibility index (Phi) is 7.31. The van der Waals surface area contributed by atoms with Crippen LogP contribution in [-0.4, -0.2) is 29.6 Å². The average molecular weight is 463 g/mol. The van der Waals surface area contributed by atoms with E-state index in [2.05, 4.69) is 10.3 Å². The Bertz CT molecular complexity index is 871. The van der Waals surface area contributed by atoms with Gasteiger partial charge < -0.3 is 14.8 Å². The number of benzene rings is 1. The molecule has 0 bridgehead atoms. The van der Waals surface area contributed by atoms with E-state index < -0.39 is 11.7 Å². The van der Waals surface area contributed by atoms with Crippen molar-refractivity contribution >= 4 is 29.1 Å². The number of aromatic nitrogens is 1. The predicted molar refractivity (Wildman–Crippen MR) is 106 cm³/mol. The van der Waals surface area contributed by atoms with Gasteiger partial charge in [-0.3, -0.25) is 4.79 Å². The second-order valence-electron chi connectivity index (χ2n) is 6.91. The number of hydrogen-bond donors (Lipinski definition) is 1. The molecule has 1 aliphatic carbocycles. The second kappa shape index (κ2) is 9.75. The highest BCUT2D eigenvalue weighted by atomic mass is 35.5. The van der Waals surface area contributed by atoms with Gasteiger partial charge in [-0.2, -0.15) is 13.2 Å². The number of alkyl halides is 3. The van der Waals surface area contributed by atoms with Crippen molar-refractivity contribution in [3.8, 4) is 11.6 Å². The Labute approximate surface area is 181 Å². The number of hydrogen-bond acceptors (Lipinski definition) is 4. The summed E-state index contributed by atoms with van der Waals surface area (Å²) in [5.74, 6) is 0.260. The van der Waals surface area contributed by atoms with Gasteiger partial charge in [0.25, 0.3) is 5.91 Å². The van der Waals surface area contributed by atoms with Crippen molar-refractivity contribution in [1.82, 2.24) is 10.3 Å². The molecule has 1 amide bonds. The molecule has 3 rings (SSSR count). The Morgan fingerprint density at radius 3 is 2.47 bits per heavy atom. The summed E-state index contributed by atoms with van der Waals surface area (Å²) in [6, 6.07) is 6.88. The maximum atomic E-state index is 12.6. The second-order valence-corrected chi connectivity index (χ2v) is 7.75. The molecule has 1 aromatic heterocycles. The van der Waals surface area contributed by atoms with Crippen molar-refractivity contribution < 1.29 is 27.4 Å². The lowest BCUT2D eigenvalue weighted by Crippen LogP contribution is -2.41. The standard InChI is InChI=1S/C20H19Cl2F3N2O3/c21-13-2-7-17(16(22)9-13)29-11-18(28)27-14-3-5-15(6-4-14)30-19-8-1-12(10-26-19)20(23,24)25/h1-2,7-10,14-15H,3-6,11H2,(H,27,28). The van der Waals surface area contributed by atoms with Crippen LogP contribution in [0.3, 0.4) is 0 Å². The zero-order valence-electron chi connectivity index (χ0n) is 15.7. The highest BCUT2D eigenvalue weighted by Gasteiger charge is 2.31. The van der Waals surface area contributed by atoms with Gasteiger partial charge >= 0.3 is 6.18 Å². The summed E-state index contributed by atoms with van der Waals surface area (Å²) < 4.78 is 48.8. The Hall–Kier alpha value is -2.19. The highest BCUT2D eigenvalue weighted by molar-refractivity contribution is 6.35. The maximum absolute atomic E-state index is 12.6. The predicted octanol–water partition coefficient (Wildman–Crippen LogP) is 5.29. The monoisotopic (exact) mass is 462 g/mol. The van der Waals surface area contributed by atoms with Crippen molar-refractivity contribution in [3.05, 3.63) is 52.1 Å². The molecular weight excluding hydrogens is 444 g/mol. The van der Waals surface area contributed by atoms with Crippen molar-refractivity contribution in [2.75, 3.05) is 6.61 Å². The van der Waals surface area contributed by atoms with Crippen LogP contribution in [-0.2, 0) is 11.0 Å². The first-order chi connectivity index (χ1) is 14.2. The van der Waals surface area contributed by atoms with E-state index in [9.17, 15) is 18.0 Å². The van der Waals surface area contributed by atoms with Gasteiger partial charge in [0.05, 0.1) is 10.6 Å². The van der Waals surface area contributed by atoms with Gasteiger partial charge in [0.1, 0.15) is 11.9 Å². The summed E-state index contributed by atoms with van der Waals surface area (Å²) >= 11 is 11.8. The molecule has 1 heterocycles. The highest BCUT2D eigenvalue weighted by Crippen LogP contribution is 2.30. The minimum absolute atomic E-state index is 0.0257. The van der Waals surface area contributed by atoms with Crippen LogP contribution < -0.4 is 14.8 Å². The van der Waals surface area contributed by atoms with Crippen molar-refractivity contribution in [1.29, 1.82) is 0 Å². The molecule has 0 aliphatic heterocycles. The minimum Gasteiger partial charge on any atom is -0.482 e. The number of halogens is 5. The lowest BCUT2D eigenvalue weighted by molar-refractivity contribution is -0.137. The summed E-state index contributed by atoms with van der Waals surface area (Å²) in [7, 11) is 0. The SMILES string of the molecule is O=C(COc1ccc(Cl)cc1Cl)NC1CCC(Oc2ccc(C(F)(F)F)cn2)CC1. The molecule has 2 aromatic rings. The molecule has 0 atom stereocenters. The molecule has 1 fully saturated rings. The summed E-state index contributed by atoms with van der Waals surface area (Å²) in [6.45, 7) is -0.173. The van der Waals surface area contributed by atoms with Gasteiger partial charge in [-0.05, 0) is 49.9 Å². The molecule has 1 saturated carbocycles. The maximum Gasteiger partial charge on any atom is 0.417 e. The smallest absolute Gasteiger partial charge is 0.417 e. The fourth-order valence-electron chi connectivity index (χ4n) is 3.12. The summed E-state index contributed by atoms with van der Waals surface area (Å²) in [4.78, 5) is 15.8. The molecule has 10 heteroatoms. The number of rotatable bonds is 6. The van der Waals surface area contributed by atoms with E-state index in [4.69, 9.17) is 32.7 Å². The first kappa shape index (κ1) is 22.5. The van der Waals surface area contributed by atoms with Crippen LogP contribution in [0.2, 0.25) is 10.0 Å². The summed E-state index contributed by atoms with van der Waals surface area (Å²) in [5, 5.41) is 3.70. The van der Waals surface area contributed by atoms with Crippen molar-refractivity contribution in [2.24, 2.45) is 0 Å². The Morgan fingerprint density at radius 1 is 1.13 bits per heavy atom. The zero-order valence-corrected chi connectivity index (χ0v) is 17.2. The lowest BCUT2D eigenvalue weighted by atomic mass is 9.93. The average Bonchev–Trinajstić information content (AvgIpc) is 2.68. The molecule has 162 valence electrons. The van der Waals surface area contributed by atoms with Gasteiger partial charge in [0.2, 0.25) is 5.88 Å². The van der Waals surface area contributed by atoms with E-state index >= 15 is 0 Å². The summed E-state index contributed by atoms with van der Waals surface area (Å²) in [6.07, 6.45) is -1.17. The number of carbonyl (C=O) groups excluding carboxylic acids is 1. The first-order valence-electron chi connectivity index (χ1n) is 9.28. The molecule has 0 unspecified atom stereocenters. The quantitative estimate of drug-likeness (QED) is 0.633. The van der Waals surface area contributed by atoms with Gasteiger partial charge in [-0.25, -0.2) is 4.98 Å². The van der Waals surface area contributed by atoms with Crippen LogP contribution in [0.25, 0.3) is 0 Å². The third kappa shape index (κ3) is 6.40. The molecule has 0 saturated heterocycles. The van der Waals surface area contributed by atoms with E-state index in [1.807, 2.05) is 0 Å². The fourth-order valence-corrected chi connectivity index (χ4v) is 3.58. The molecule has 1 aliphatic rings. The van der Waals surface area contributed by atoms with E-state index in [1.54, 1.807) is 12.1 Å². The molecule has 0 spiro atoms. The number of amides is 1. The fraction of sp³-hybridized carbons (Fsp3) is 0.400. The van der Waals surface area contributed by atoms with Crippen molar-refractivity contribution in [3.63, 3.8) is 0 Å². The van der Waals surface area contributed by atoms with E-state index in [0.29, 0.717) is 41.5 Å². The molecule has 1 N–H and O–H groups in total. The Morgan fingerprint density at radius 2 is 1.87 bits per heavy atom. The van der Waals surface area contributed by atoms with Crippen molar-refractivity contribution in [2.45, 2.75) is 44.0 Å². The molecule has 1 aromatic carbocycles. The number of ether oxygens (including phenoxy) is 2. The van der Waals surface area contributed by atoms with Gasteiger partial charge in [0.15, 0.2) is 6.61 Å². The number of nitrogens with one attached hydrogen (secondary N) is 1. The molecular formula is C20H19Cl2F3N2O3. The van der Waals surface area contributed by atoms with Crippen LogP contribution in [0, 0.1) is 0 Å². The van der Waals surface area contributed by atoms with Crippen LogP contribution >= 0.6 is 23.2 Å². The minimum atomic E-state index is -4.43. The van der Waals surface area contributed by atoms with Gasteiger partial charge in [-0.15, -0.1) is 0 Å². The normalized spacial score (nSPS) is 19.2. The number of pyridine rings is 1. The summed E-state index contributed by atoms with van der Waals surface area (Å²) in [5.41, 5.74) is -0.816. The van der Waals surface area contributed by atoms with E-state index in [0.717, 1.165) is 12.3 Å². The van der Waals surface area contributed by atoms with Gasteiger partial charge in [-0.1, -0.05) is 23.2 Å². The number of nitrogens with zero attached hydrogens (tertiary/aromatic N) is 1. The molecule has 30 heavy (non-hydrogen) atoms. The van der Waals surface area contributed by atoms with Crippen LogP contribution in [0.4, 0.5) is 13.2 Å². The van der Waals surface area contributed by atoms with Crippen LogP contribution in [0.1, 0.15) is 31.2 Å². The number of carbonyl (C=O) groups is 1. The van der Waals surface area contributed by atoms with Crippen LogP contribution in [0.15, 0.2) is 36.5 Å². The Balaban J connectivity index is 1.40.